The van der Waals surface area contributed by atoms with Gasteiger partial charge in [-0.15, -0.1) is 0 Å². The van der Waals surface area contributed by atoms with E-state index in [2.05, 4.69) is 4.98 Å². The molecule has 0 bridgehead atoms. The molecule has 0 saturated carbocycles. The van der Waals surface area contributed by atoms with Gasteiger partial charge in [0.15, 0.2) is 0 Å². The number of aromatic amines is 1. The summed E-state index contributed by atoms with van der Waals surface area (Å²) >= 11 is 0. The van der Waals surface area contributed by atoms with Gasteiger partial charge in [0.1, 0.15) is 4.75 Å². The minimum absolute atomic E-state index is 0.693. The highest BCUT2D eigenvalue weighted by atomic mass is 35.7. The van der Waals surface area contributed by atoms with Gasteiger partial charge in [-0.1, -0.05) is 18.2 Å². The molecule has 2 aromatic rings. The number of H-pyrrole nitrogens is 1. The van der Waals surface area contributed by atoms with Crippen molar-refractivity contribution in [1.29, 1.82) is 0 Å². The summed E-state index contributed by atoms with van der Waals surface area (Å²) in [5.41, 5.74) is 1.60. The second kappa shape index (κ2) is 3.50. The Hall–Kier alpha value is -1.00. The predicted octanol–water partition coefficient (Wildman–Crippen LogP) is 2.97. The molecular weight excluding hydrogens is 246 g/mol. The summed E-state index contributed by atoms with van der Waals surface area (Å²) in [5.74, 6) is 0. The largest absolute Gasteiger partial charge is 0.361 e. The first kappa shape index (κ1) is 11.5. The van der Waals surface area contributed by atoms with Crippen molar-refractivity contribution in [3.05, 3.63) is 36.0 Å². The van der Waals surface area contributed by atoms with Crippen molar-refractivity contribution in [2.75, 3.05) is 0 Å². The molecule has 16 heavy (non-hydrogen) atoms. The Morgan fingerprint density at radius 2 is 1.88 bits per heavy atom. The lowest BCUT2D eigenvalue weighted by Gasteiger charge is -2.20. The van der Waals surface area contributed by atoms with Crippen LogP contribution in [0.3, 0.4) is 0 Å². The first-order chi connectivity index (χ1) is 7.34. The number of hydrogen-bond acceptors (Lipinski definition) is 2. The molecule has 0 aliphatic heterocycles. The topological polar surface area (TPSA) is 49.9 Å². The molecule has 0 fully saturated rings. The van der Waals surface area contributed by atoms with Crippen molar-refractivity contribution < 1.29 is 8.42 Å². The second-order valence-corrected chi connectivity index (χ2v) is 7.31. The van der Waals surface area contributed by atoms with Crippen LogP contribution in [-0.2, 0) is 13.8 Å². The lowest BCUT2D eigenvalue weighted by molar-refractivity contribution is 0.572. The number of halogens is 1. The molecule has 1 aromatic heterocycles. The Bertz CT molecular complexity index is 628. The van der Waals surface area contributed by atoms with Crippen LogP contribution in [-0.4, -0.2) is 13.4 Å². The molecule has 2 rings (SSSR count). The van der Waals surface area contributed by atoms with E-state index in [-0.39, 0.29) is 0 Å². The van der Waals surface area contributed by atoms with Gasteiger partial charge < -0.3 is 4.98 Å². The van der Waals surface area contributed by atoms with Crippen molar-refractivity contribution >= 4 is 30.6 Å². The molecule has 86 valence electrons. The minimum Gasteiger partial charge on any atom is -0.361 e. The van der Waals surface area contributed by atoms with Gasteiger partial charge in [-0.3, -0.25) is 0 Å². The zero-order valence-electron chi connectivity index (χ0n) is 8.99. The molecule has 1 aromatic carbocycles. The molecule has 5 heteroatoms. The van der Waals surface area contributed by atoms with Crippen LogP contribution in [0.5, 0.6) is 0 Å². The van der Waals surface area contributed by atoms with E-state index >= 15 is 0 Å². The maximum Gasteiger partial charge on any atom is 0.242 e. The fourth-order valence-electron chi connectivity index (χ4n) is 1.70. The summed E-state index contributed by atoms with van der Waals surface area (Å²) in [6.45, 7) is 3.20. The van der Waals surface area contributed by atoms with Crippen LogP contribution < -0.4 is 0 Å². The van der Waals surface area contributed by atoms with Crippen molar-refractivity contribution in [3.8, 4) is 0 Å². The smallest absolute Gasteiger partial charge is 0.242 e. The van der Waals surface area contributed by atoms with E-state index in [0.717, 1.165) is 10.9 Å². The van der Waals surface area contributed by atoms with Crippen LogP contribution in [0.25, 0.3) is 10.9 Å². The van der Waals surface area contributed by atoms with Crippen molar-refractivity contribution in [3.63, 3.8) is 0 Å². The van der Waals surface area contributed by atoms with Gasteiger partial charge in [-0.25, -0.2) is 8.42 Å². The molecule has 0 spiro atoms. The lowest BCUT2D eigenvalue weighted by atomic mass is 10.0. The Kier molecular flexibility index (Phi) is 2.51. The molecule has 1 heterocycles. The van der Waals surface area contributed by atoms with Gasteiger partial charge in [0, 0.05) is 27.8 Å². The summed E-state index contributed by atoms with van der Waals surface area (Å²) in [6.07, 6.45) is 1.70. The van der Waals surface area contributed by atoms with E-state index in [0.29, 0.717) is 5.56 Å². The maximum atomic E-state index is 11.5. The summed E-state index contributed by atoms with van der Waals surface area (Å²) < 4.78 is 22.0. The number of fused-ring (bicyclic) bond motifs is 1. The molecule has 0 atom stereocenters. The molecule has 0 radical (unpaired) electrons. The fourth-order valence-corrected chi connectivity index (χ4v) is 2.38. The highest BCUT2D eigenvalue weighted by Crippen LogP contribution is 2.36. The maximum absolute atomic E-state index is 11.5. The van der Waals surface area contributed by atoms with E-state index in [4.69, 9.17) is 10.7 Å². The average molecular weight is 258 g/mol. The quantitative estimate of drug-likeness (QED) is 0.841. The standard InChI is InChI=1S/C11H12ClNO2S/c1-11(2,16(12,14)15)9-7-13-10-6-4-3-5-8(9)10/h3-7,13H,1-2H3. The highest BCUT2D eigenvalue weighted by Gasteiger charge is 2.36. The number of para-hydroxylation sites is 1. The van der Waals surface area contributed by atoms with E-state index in [1.54, 1.807) is 20.0 Å². The predicted molar refractivity (Wildman–Crippen MR) is 66.1 cm³/mol. The summed E-state index contributed by atoms with van der Waals surface area (Å²) in [5, 5.41) is 0.886. The van der Waals surface area contributed by atoms with E-state index in [1.807, 2.05) is 24.3 Å². The van der Waals surface area contributed by atoms with Crippen LogP contribution in [0.4, 0.5) is 0 Å². The fraction of sp³-hybridized carbons (Fsp3) is 0.273. The van der Waals surface area contributed by atoms with Crippen molar-refractivity contribution in [1.82, 2.24) is 4.98 Å². The first-order valence-electron chi connectivity index (χ1n) is 4.85. The number of hydrogen-bond donors (Lipinski definition) is 1. The normalized spacial score (nSPS) is 13.2. The van der Waals surface area contributed by atoms with Crippen LogP contribution >= 0.6 is 10.7 Å². The van der Waals surface area contributed by atoms with Gasteiger partial charge in [0.05, 0.1) is 0 Å². The van der Waals surface area contributed by atoms with E-state index in [1.165, 1.54) is 0 Å². The Morgan fingerprint density at radius 3 is 2.50 bits per heavy atom. The summed E-state index contributed by atoms with van der Waals surface area (Å²) in [4.78, 5) is 3.04. The zero-order valence-corrected chi connectivity index (χ0v) is 10.6. The number of rotatable bonds is 2. The molecule has 0 amide bonds. The van der Waals surface area contributed by atoms with E-state index in [9.17, 15) is 8.42 Å². The van der Waals surface area contributed by atoms with Crippen LogP contribution in [0.1, 0.15) is 19.4 Å². The third-order valence-electron chi connectivity index (χ3n) is 2.85. The van der Waals surface area contributed by atoms with Crippen molar-refractivity contribution in [2.24, 2.45) is 0 Å². The van der Waals surface area contributed by atoms with Crippen molar-refractivity contribution in [2.45, 2.75) is 18.6 Å². The molecular formula is C11H12ClNO2S. The Balaban J connectivity index is 2.74. The van der Waals surface area contributed by atoms with Gasteiger partial charge >= 0.3 is 0 Å². The zero-order chi connectivity index (χ0) is 12.0. The average Bonchev–Trinajstić information content (AvgIpc) is 2.59. The van der Waals surface area contributed by atoms with Gasteiger partial charge in [-0.05, 0) is 25.5 Å². The molecule has 0 saturated heterocycles. The monoisotopic (exact) mass is 257 g/mol. The van der Waals surface area contributed by atoms with Crippen LogP contribution in [0.15, 0.2) is 30.5 Å². The van der Waals surface area contributed by atoms with Crippen LogP contribution in [0, 0.1) is 0 Å². The minimum atomic E-state index is -3.66. The van der Waals surface area contributed by atoms with E-state index < -0.39 is 13.8 Å². The molecule has 1 N–H and O–H groups in total. The summed E-state index contributed by atoms with van der Waals surface area (Å²) in [6, 6.07) is 7.54. The third kappa shape index (κ3) is 1.62. The number of benzene rings is 1. The highest BCUT2D eigenvalue weighted by molar-refractivity contribution is 8.14. The molecule has 0 aliphatic rings. The van der Waals surface area contributed by atoms with Gasteiger partial charge in [-0.2, -0.15) is 0 Å². The molecule has 3 nitrogen and oxygen atoms in total. The summed E-state index contributed by atoms with van der Waals surface area (Å²) in [7, 11) is 1.81. The van der Waals surface area contributed by atoms with Gasteiger partial charge in [0.2, 0.25) is 9.05 Å². The first-order valence-corrected chi connectivity index (χ1v) is 7.16. The number of aromatic nitrogens is 1. The Morgan fingerprint density at radius 1 is 1.25 bits per heavy atom. The third-order valence-corrected chi connectivity index (χ3v) is 5.44. The second-order valence-electron chi connectivity index (χ2n) is 4.20. The number of nitrogens with one attached hydrogen (secondary N) is 1. The lowest BCUT2D eigenvalue weighted by Crippen LogP contribution is -2.24. The van der Waals surface area contributed by atoms with Crippen LogP contribution in [0.2, 0.25) is 0 Å². The molecule has 0 aliphatic carbocycles. The van der Waals surface area contributed by atoms with Gasteiger partial charge in [0.25, 0.3) is 0 Å². The molecule has 0 unspecified atom stereocenters. The Labute approximate surface area is 98.8 Å². The SMILES string of the molecule is CC(C)(c1c[nH]c2ccccc12)S(=O)(=O)Cl.